The SMILES string of the molecule is C=CCC[C@@H]1[C@H]2C[C@H]2C[C@H]1OC(=O)C[C@H](C(=O)C1C[C@H](Oc2nc3cc(OC)ccc3nc2C(F)(F)C=C)[C@@H](CC)[C@H]1C(=O)OC(C)(C)C)C(C)(C)C. The lowest BCUT2D eigenvalue weighted by Crippen LogP contribution is -2.41. The van der Waals surface area contributed by atoms with E-state index in [0.29, 0.717) is 30.1 Å². The maximum absolute atomic E-state index is 15.4. The standard InChI is InChI=1S/C42H56F2N2O7/c1-11-14-15-26-27-18-23(27)19-32(26)51-34(47)22-29(40(4,5)6)36(48)28-21-33(25(12-2)35(28)39(49)53-41(7,8)9)52-38-37(42(43,44)13-3)45-30-17-16-24(50-10)20-31(30)46-38/h11,13,16-17,20,23,25-29,32-33,35H,1,3,12,14-15,18-19,21-22H2,2,4-10H3/t23-,25+,26+,27-,28?,29+,32+,33-,35+/m0/s1. The number of esters is 2. The van der Waals surface area contributed by atoms with Crippen LogP contribution in [0.3, 0.4) is 0 Å². The summed E-state index contributed by atoms with van der Waals surface area (Å²) in [6.07, 6.45) is 5.33. The lowest BCUT2D eigenvalue weighted by molar-refractivity contribution is -0.165. The first-order chi connectivity index (χ1) is 24.8. The topological polar surface area (TPSA) is 114 Å². The van der Waals surface area contributed by atoms with E-state index in [1.165, 1.54) is 19.6 Å². The highest BCUT2D eigenvalue weighted by atomic mass is 19.3. The molecule has 0 aliphatic heterocycles. The van der Waals surface area contributed by atoms with Crippen molar-refractivity contribution in [2.75, 3.05) is 7.11 Å². The van der Waals surface area contributed by atoms with Crippen molar-refractivity contribution in [3.8, 4) is 11.6 Å². The number of rotatable bonds is 15. The molecule has 1 heterocycles. The number of Topliss-reactive ketones (excluding diaryl/α,β-unsaturated/α-hetero) is 1. The van der Waals surface area contributed by atoms with Crippen LogP contribution in [0.1, 0.15) is 99.1 Å². The normalized spacial score (nSPS) is 27.4. The van der Waals surface area contributed by atoms with Gasteiger partial charge >= 0.3 is 17.9 Å². The van der Waals surface area contributed by atoms with Crippen molar-refractivity contribution in [3.05, 3.63) is 49.2 Å². The molecular weight excluding hydrogens is 682 g/mol. The quantitative estimate of drug-likeness (QED) is 0.131. The smallest absolute Gasteiger partial charge is 0.313 e. The molecule has 9 nitrogen and oxygen atoms in total. The minimum Gasteiger partial charge on any atom is -0.497 e. The van der Waals surface area contributed by atoms with Crippen LogP contribution in [0.5, 0.6) is 11.6 Å². The van der Waals surface area contributed by atoms with E-state index in [1.807, 2.05) is 33.8 Å². The van der Waals surface area contributed by atoms with Crippen LogP contribution in [0.4, 0.5) is 8.78 Å². The number of benzene rings is 1. The molecule has 11 heteroatoms. The predicted molar refractivity (Wildman–Crippen MR) is 197 cm³/mol. The fourth-order valence-corrected chi connectivity index (χ4v) is 8.58. The molecule has 3 aliphatic rings. The van der Waals surface area contributed by atoms with Crippen molar-refractivity contribution >= 4 is 28.8 Å². The molecule has 0 saturated heterocycles. The van der Waals surface area contributed by atoms with Crippen molar-refractivity contribution in [3.63, 3.8) is 0 Å². The molecular formula is C42H56F2N2O7. The molecule has 3 aliphatic carbocycles. The molecule has 3 saturated carbocycles. The van der Waals surface area contributed by atoms with E-state index >= 15 is 8.78 Å². The van der Waals surface area contributed by atoms with E-state index in [2.05, 4.69) is 23.1 Å². The first-order valence-corrected chi connectivity index (χ1v) is 18.9. The van der Waals surface area contributed by atoms with Gasteiger partial charge in [0.15, 0.2) is 5.69 Å². The minimum atomic E-state index is -3.60. The van der Waals surface area contributed by atoms with Crippen molar-refractivity contribution < 1.29 is 42.1 Å². The van der Waals surface area contributed by atoms with Gasteiger partial charge in [-0.2, -0.15) is 8.78 Å². The number of alkyl halides is 2. The Morgan fingerprint density at radius 1 is 0.981 bits per heavy atom. The van der Waals surface area contributed by atoms with E-state index < -0.39 is 70.2 Å². The lowest BCUT2D eigenvalue weighted by atomic mass is 9.70. The Morgan fingerprint density at radius 2 is 1.70 bits per heavy atom. The maximum atomic E-state index is 15.4. The second kappa shape index (κ2) is 15.5. The second-order valence-electron chi connectivity index (χ2n) is 17.2. The number of carbonyl (C=O) groups is 3. The Bertz CT molecular complexity index is 1710. The van der Waals surface area contributed by atoms with Gasteiger partial charge in [0.1, 0.15) is 29.3 Å². The van der Waals surface area contributed by atoms with Crippen LogP contribution in [0.2, 0.25) is 0 Å². The number of carbonyl (C=O) groups excluding carboxylic acids is 3. The number of fused-ring (bicyclic) bond motifs is 2. The van der Waals surface area contributed by atoms with Crippen molar-refractivity contribution in [1.29, 1.82) is 0 Å². The summed E-state index contributed by atoms with van der Waals surface area (Å²) in [6, 6.07) is 4.69. The van der Waals surface area contributed by atoms with E-state index in [1.54, 1.807) is 32.9 Å². The summed E-state index contributed by atoms with van der Waals surface area (Å²) in [7, 11) is 1.48. The Morgan fingerprint density at radius 3 is 2.30 bits per heavy atom. The number of allylic oxidation sites excluding steroid dienone is 2. The zero-order chi connectivity index (χ0) is 39.0. The van der Waals surface area contributed by atoms with Crippen LogP contribution in [0.15, 0.2) is 43.5 Å². The van der Waals surface area contributed by atoms with Gasteiger partial charge in [0.05, 0.1) is 30.5 Å². The first-order valence-electron chi connectivity index (χ1n) is 18.9. The number of ether oxygens (including phenoxy) is 4. The Balaban J connectivity index is 1.47. The molecule has 1 aromatic heterocycles. The highest BCUT2D eigenvalue weighted by Gasteiger charge is 2.56. The van der Waals surface area contributed by atoms with Gasteiger partial charge in [0, 0.05) is 23.8 Å². The van der Waals surface area contributed by atoms with Crippen LogP contribution in [0, 0.1) is 46.8 Å². The van der Waals surface area contributed by atoms with Gasteiger partial charge in [-0.05, 0) is 101 Å². The summed E-state index contributed by atoms with van der Waals surface area (Å²) >= 11 is 0. The molecule has 53 heavy (non-hydrogen) atoms. The van der Waals surface area contributed by atoms with Crippen molar-refractivity contribution in [2.45, 2.75) is 117 Å². The summed E-state index contributed by atoms with van der Waals surface area (Å²) < 4.78 is 54.4. The summed E-state index contributed by atoms with van der Waals surface area (Å²) in [5.74, 6) is -6.69. The van der Waals surface area contributed by atoms with Crippen LogP contribution >= 0.6 is 0 Å². The van der Waals surface area contributed by atoms with Crippen LogP contribution in [0.25, 0.3) is 11.0 Å². The number of ketones is 1. The molecule has 0 bridgehead atoms. The second-order valence-corrected chi connectivity index (χ2v) is 17.2. The fraction of sp³-hybridized carbons (Fsp3) is 0.643. The highest BCUT2D eigenvalue weighted by Crippen LogP contribution is 2.58. The van der Waals surface area contributed by atoms with E-state index in [4.69, 9.17) is 18.9 Å². The third-order valence-electron chi connectivity index (χ3n) is 11.3. The van der Waals surface area contributed by atoms with E-state index in [0.717, 1.165) is 19.3 Å². The molecule has 1 aromatic carbocycles. The predicted octanol–water partition coefficient (Wildman–Crippen LogP) is 8.82. The van der Waals surface area contributed by atoms with Crippen LogP contribution in [-0.4, -0.2) is 52.6 Å². The van der Waals surface area contributed by atoms with E-state index in [-0.39, 0.29) is 41.7 Å². The van der Waals surface area contributed by atoms with Crippen molar-refractivity contribution in [2.24, 2.45) is 46.8 Å². The molecule has 5 rings (SSSR count). The minimum absolute atomic E-state index is 0.0232. The molecule has 0 amide bonds. The monoisotopic (exact) mass is 738 g/mol. The zero-order valence-electron chi connectivity index (χ0n) is 32.5. The largest absolute Gasteiger partial charge is 0.497 e. The molecule has 1 unspecified atom stereocenters. The maximum Gasteiger partial charge on any atom is 0.313 e. The average Bonchev–Trinajstić information content (AvgIpc) is 3.61. The first kappa shape index (κ1) is 40.3. The van der Waals surface area contributed by atoms with Gasteiger partial charge in [-0.15, -0.1) is 6.58 Å². The molecule has 2 aromatic rings. The number of aromatic nitrogens is 2. The number of nitrogens with zero attached hydrogens (tertiary/aromatic N) is 2. The molecule has 290 valence electrons. The molecule has 0 N–H and O–H groups in total. The Hall–Kier alpha value is -3.89. The lowest BCUT2D eigenvalue weighted by Gasteiger charge is -2.34. The van der Waals surface area contributed by atoms with Gasteiger partial charge in [-0.25, -0.2) is 9.97 Å². The number of halogens is 2. The Labute approximate surface area is 312 Å². The van der Waals surface area contributed by atoms with Crippen LogP contribution < -0.4 is 9.47 Å². The van der Waals surface area contributed by atoms with Crippen LogP contribution in [-0.2, 0) is 29.8 Å². The van der Waals surface area contributed by atoms with Gasteiger partial charge in [0.25, 0.3) is 0 Å². The number of hydrogen-bond donors (Lipinski definition) is 0. The summed E-state index contributed by atoms with van der Waals surface area (Å²) in [5.41, 5.74) is -1.79. The van der Waals surface area contributed by atoms with E-state index in [9.17, 15) is 14.4 Å². The van der Waals surface area contributed by atoms with Gasteiger partial charge in [0.2, 0.25) is 5.88 Å². The third-order valence-corrected chi connectivity index (χ3v) is 11.3. The van der Waals surface area contributed by atoms with Gasteiger partial charge in [-0.1, -0.05) is 40.3 Å². The summed E-state index contributed by atoms with van der Waals surface area (Å²) in [4.78, 5) is 51.2. The molecule has 3 fully saturated rings. The zero-order valence-corrected chi connectivity index (χ0v) is 32.5. The average molecular weight is 739 g/mol. The number of methoxy groups -OCH3 is 1. The van der Waals surface area contributed by atoms with Gasteiger partial charge < -0.3 is 18.9 Å². The fourth-order valence-electron chi connectivity index (χ4n) is 8.58. The molecule has 0 radical (unpaired) electrons. The summed E-state index contributed by atoms with van der Waals surface area (Å²) in [5, 5.41) is 0. The Kier molecular flexibility index (Phi) is 11.8. The molecule has 0 spiro atoms. The van der Waals surface area contributed by atoms with Gasteiger partial charge in [-0.3, -0.25) is 14.4 Å². The molecule has 9 atom stereocenters. The number of hydrogen-bond acceptors (Lipinski definition) is 9. The summed E-state index contributed by atoms with van der Waals surface area (Å²) in [6.45, 7) is 19.9. The third kappa shape index (κ3) is 8.92. The van der Waals surface area contributed by atoms with Crippen molar-refractivity contribution in [1.82, 2.24) is 9.97 Å². The highest BCUT2D eigenvalue weighted by molar-refractivity contribution is 5.92.